The van der Waals surface area contributed by atoms with Crippen LogP contribution in [0.1, 0.15) is 60.0 Å². The Morgan fingerprint density at radius 1 is 1.13 bits per heavy atom. The number of fused-ring (bicyclic) bond motifs is 1. The lowest BCUT2D eigenvalue weighted by Gasteiger charge is -2.32. The molecule has 1 aromatic rings. The van der Waals surface area contributed by atoms with Crippen molar-refractivity contribution in [2.45, 2.75) is 57.7 Å². The van der Waals surface area contributed by atoms with Gasteiger partial charge >= 0.3 is 0 Å². The molecular weight excluding hydrogens is 380 g/mol. The summed E-state index contributed by atoms with van der Waals surface area (Å²) in [6.45, 7) is 5.57. The van der Waals surface area contributed by atoms with Gasteiger partial charge in [-0.25, -0.2) is 0 Å². The number of likely N-dealkylation sites (tertiary alicyclic amines) is 1. The van der Waals surface area contributed by atoms with Gasteiger partial charge in [0.05, 0.1) is 0 Å². The van der Waals surface area contributed by atoms with E-state index in [1.54, 1.807) is 4.90 Å². The third-order valence-corrected chi connectivity index (χ3v) is 7.36. The van der Waals surface area contributed by atoms with Crippen LogP contribution < -0.4 is 10.6 Å². The van der Waals surface area contributed by atoms with E-state index in [1.165, 1.54) is 25.7 Å². The molecule has 4 aliphatic heterocycles. The van der Waals surface area contributed by atoms with Gasteiger partial charge in [-0.2, -0.15) is 0 Å². The first kappa shape index (κ1) is 19.7. The second-order valence-electron chi connectivity index (χ2n) is 9.45. The molecule has 0 radical (unpaired) electrons. The standard InChI is InChI=1S/C23H30N4O3/c28-19-7-6-18(21(29)25-19)27-13-17-5-3-4-16(20(17)22(27)30)12-26-11-2-1-8-23(15-26)9-10-24-14-23/h3-5,18,24H,1-2,6-15H2,(H,25,28,29). The van der Waals surface area contributed by atoms with Gasteiger partial charge in [0.25, 0.3) is 5.91 Å². The summed E-state index contributed by atoms with van der Waals surface area (Å²) in [6.07, 6.45) is 5.68. The van der Waals surface area contributed by atoms with E-state index in [-0.39, 0.29) is 24.1 Å². The first-order valence-corrected chi connectivity index (χ1v) is 11.2. The number of carbonyl (C=O) groups excluding carboxylic acids is 3. The van der Waals surface area contributed by atoms with Crippen molar-refractivity contribution in [2.75, 3.05) is 26.2 Å². The second-order valence-corrected chi connectivity index (χ2v) is 9.45. The molecule has 3 amide bonds. The van der Waals surface area contributed by atoms with E-state index >= 15 is 0 Å². The van der Waals surface area contributed by atoms with Crippen molar-refractivity contribution in [3.8, 4) is 0 Å². The van der Waals surface area contributed by atoms with E-state index in [9.17, 15) is 14.4 Å². The third-order valence-electron chi connectivity index (χ3n) is 7.36. The van der Waals surface area contributed by atoms with Gasteiger partial charge in [0, 0.05) is 38.2 Å². The summed E-state index contributed by atoms with van der Waals surface area (Å²) in [6, 6.07) is 5.53. The Morgan fingerprint density at radius 3 is 2.83 bits per heavy atom. The van der Waals surface area contributed by atoms with Crippen LogP contribution in [0.5, 0.6) is 0 Å². The molecule has 4 heterocycles. The molecule has 2 N–H and O–H groups in total. The zero-order valence-electron chi connectivity index (χ0n) is 17.4. The number of nitrogens with one attached hydrogen (secondary N) is 2. The highest BCUT2D eigenvalue weighted by Gasteiger charge is 2.41. The maximum Gasteiger partial charge on any atom is 0.255 e. The van der Waals surface area contributed by atoms with Crippen LogP contribution in [0.25, 0.3) is 0 Å². The Hall–Kier alpha value is -2.25. The van der Waals surface area contributed by atoms with E-state index in [0.29, 0.717) is 18.4 Å². The predicted octanol–water partition coefficient (Wildman–Crippen LogP) is 1.41. The molecule has 0 bridgehead atoms. The summed E-state index contributed by atoms with van der Waals surface area (Å²) in [5, 5.41) is 5.93. The number of imide groups is 1. The summed E-state index contributed by atoms with van der Waals surface area (Å²) in [5.41, 5.74) is 3.20. The molecule has 2 atom stereocenters. The largest absolute Gasteiger partial charge is 0.322 e. The van der Waals surface area contributed by atoms with Gasteiger partial charge in [-0.15, -0.1) is 0 Å². The van der Waals surface area contributed by atoms with Gasteiger partial charge in [-0.1, -0.05) is 24.6 Å². The fraction of sp³-hybridized carbons (Fsp3) is 0.609. The minimum atomic E-state index is -0.554. The lowest BCUT2D eigenvalue weighted by molar-refractivity contribution is -0.136. The van der Waals surface area contributed by atoms with Crippen LogP contribution in [0.2, 0.25) is 0 Å². The number of piperidine rings is 1. The molecule has 160 valence electrons. The van der Waals surface area contributed by atoms with Gasteiger partial charge in [0.2, 0.25) is 11.8 Å². The molecular formula is C23H30N4O3. The molecule has 1 spiro atoms. The smallest absolute Gasteiger partial charge is 0.255 e. The maximum atomic E-state index is 13.3. The first-order chi connectivity index (χ1) is 14.5. The highest BCUT2D eigenvalue weighted by Crippen LogP contribution is 2.36. The second kappa shape index (κ2) is 7.78. The van der Waals surface area contributed by atoms with E-state index < -0.39 is 6.04 Å². The normalized spacial score (nSPS) is 29.9. The molecule has 5 rings (SSSR count). The van der Waals surface area contributed by atoms with Crippen molar-refractivity contribution < 1.29 is 14.4 Å². The average molecular weight is 411 g/mol. The van der Waals surface area contributed by atoms with Gasteiger partial charge in [-0.05, 0) is 55.3 Å². The lowest BCUT2D eigenvalue weighted by atomic mass is 9.82. The summed E-state index contributed by atoms with van der Waals surface area (Å²) < 4.78 is 0. The first-order valence-electron chi connectivity index (χ1n) is 11.2. The molecule has 7 nitrogen and oxygen atoms in total. The van der Waals surface area contributed by atoms with Gasteiger partial charge in [0.15, 0.2) is 0 Å². The van der Waals surface area contributed by atoms with Crippen LogP contribution in [0.4, 0.5) is 0 Å². The summed E-state index contributed by atoms with van der Waals surface area (Å²) >= 11 is 0. The van der Waals surface area contributed by atoms with Gasteiger partial charge in [-0.3, -0.25) is 24.6 Å². The van der Waals surface area contributed by atoms with Crippen LogP contribution in [0.15, 0.2) is 18.2 Å². The quantitative estimate of drug-likeness (QED) is 0.737. The summed E-state index contributed by atoms with van der Waals surface area (Å²) in [5.74, 6) is -0.670. The van der Waals surface area contributed by atoms with Crippen molar-refractivity contribution in [3.63, 3.8) is 0 Å². The lowest BCUT2D eigenvalue weighted by Crippen LogP contribution is -2.52. The van der Waals surface area contributed by atoms with Gasteiger partial charge < -0.3 is 10.2 Å². The number of benzene rings is 1. The topological polar surface area (TPSA) is 81.8 Å². The van der Waals surface area contributed by atoms with Crippen molar-refractivity contribution in [1.82, 2.24) is 20.4 Å². The number of hydrogen-bond donors (Lipinski definition) is 2. The molecule has 3 fully saturated rings. The monoisotopic (exact) mass is 410 g/mol. The van der Waals surface area contributed by atoms with E-state index in [4.69, 9.17) is 0 Å². The molecule has 0 aliphatic carbocycles. The number of hydrogen-bond acceptors (Lipinski definition) is 5. The van der Waals surface area contributed by atoms with Crippen molar-refractivity contribution >= 4 is 17.7 Å². The zero-order chi connectivity index (χ0) is 20.7. The number of nitrogens with zero attached hydrogens (tertiary/aromatic N) is 2. The Labute approximate surface area is 177 Å². The maximum absolute atomic E-state index is 13.3. The van der Waals surface area contributed by atoms with Crippen LogP contribution >= 0.6 is 0 Å². The van der Waals surface area contributed by atoms with Crippen molar-refractivity contribution in [1.29, 1.82) is 0 Å². The van der Waals surface area contributed by atoms with Crippen LogP contribution in [-0.2, 0) is 22.7 Å². The van der Waals surface area contributed by atoms with E-state index in [2.05, 4.69) is 21.6 Å². The Balaban J connectivity index is 1.36. The minimum Gasteiger partial charge on any atom is -0.322 e. The average Bonchev–Trinajstić information content (AvgIpc) is 3.24. The number of carbonyl (C=O) groups is 3. The van der Waals surface area contributed by atoms with Crippen LogP contribution in [0, 0.1) is 5.41 Å². The Kier molecular flexibility index (Phi) is 5.11. The Morgan fingerprint density at radius 2 is 2.03 bits per heavy atom. The molecule has 7 heteroatoms. The molecule has 3 saturated heterocycles. The van der Waals surface area contributed by atoms with Crippen molar-refractivity contribution in [2.24, 2.45) is 5.41 Å². The summed E-state index contributed by atoms with van der Waals surface area (Å²) in [7, 11) is 0. The van der Waals surface area contributed by atoms with E-state index in [0.717, 1.165) is 49.4 Å². The molecule has 0 aromatic heterocycles. The van der Waals surface area contributed by atoms with Crippen LogP contribution in [0.3, 0.4) is 0 Å². The molecule has 30 heavy (non-hydrogen) atoms. The SMILES string of the molecule is O=C1CCC(N2Cc3cccc(CN4CCCCC5(CCNC5)C4)c3C2=O)C(=O)N1. The zero-order valence-corrected chi connectivity index (χ0v) is 17.4. The van der Waals surface area contributed by atoms with Crippen molar-refractivity contribution in [3.05, 3.63) is 34.9 Å². The minimum absolute atomic E-state index is 0.0674. The molecule has 1 aromatic carbocycles. The predicted molar refractivity (Wildman–Crippen MR) is 112 cm³/mol. The summed E-state index contributed by atoms with van der Waals surface area (Å²) in [4.78, 5) is 41.3. The molecule has 0 saturated carbocycles. The Bertz CT molecular complexity index is 877. The van der Waals surface area contributed by atoms with Gasteiger partial charge in [0.1, 0.15) is 6.04 Å². The number of amides is 3. The fourth-order valence-corrected chi connectivity index (χ4v) is 5.81. The highest BCUT2D eigenvalue weighted by atomic mass is 16.2. The number of rotatable bonds is 3. The highest BCUT2D eigenvalue weighted by molar-refractivity contribution is 6.05. The molecule has 2 unspecified atom stereocenters. The molecule has 4 aliphatic rings. The fourth-order valence-electron chi connectivity index (χ4n) is 5.81. The third kappa shape index (κ3) is 3.54. The van der Waals surface area contributed by atoms with Crippen LogP contribution in [-0.4, -0.2) is 59.7 Å². The van der Waals surface area contributed by atoms with E-state index in [1.807, 2.05) is 12.1 Å².